The van der Waals surface area contributed by atoms with Gasteiger partial charge in [-0.15, -0.1) is 0 Å². The summed E-state index contributed by atoms with van der Waals surface area (Å²) in [6, 6.07) is 11.9. The second kappa shape index (κ2) is 7.23. The maximum absolute atomic E-state index is 12.8. The molecular weight excluding hydrogens is 304 g/mol. The minimum atomic E-state index is -0.0774. The van der Waals surface area contributed by atoms with Gasteiger partial charge >= 0.3 is 0 Å². The van der Waals surface area contributed by atoms with Crippen molar-refractivity contribution in [3.05, 3.63) is 59.4 Å². The number of benzene rings is 1. The van der Waals surface area contributed by atoms with E-state index < -0.39 is 0 Å². The first-order valence-electron chi connectivity index (χ1n) is 7.94. The summed E-state index contributed by atoms with van der Waals surface area (Å²) in [5.74, 6) is -0.0774. The van der Waals surface area contributed by atoms with Gasteiger partial charge in [-0.3, -0.25) is 4.79 Å². The Kier molecular flexibility index (Phi) is 4.86. The van der Waals surface area contributed by atoms with Crippen molar-refractivity contribution in [3.8, 4) is 0 Å². The van der Waals surface area contributed by atoms with Gasteiger partial charge in [-0.1, -0.05) is 35.5 Å². The third-order valence-corrected chi connectivity index (χ3v) is 3.96. The maximum atomic E-state index is 12.8. The smallest absolute Gasteiger partial charge is 0.257 e. The first-order chi connectivity index (χ1) is 11.7. The van der Waals surface area contributed by atoms with Gasteiger partial charge in [0.1, 0.15) is 0 Å². The van der Waals surface area contributed by atoms with Gasteiger partial charge in [0.25, 0.3) is 11.6 Å². The number of aromatic nitrogens is 2. The number of hydrogen-bond donors (Lipinski definition) is 1. The Morgan fingerprint density at radius 3 is 2.79 bits per heavy atom. The van der Waals surface area contributed by atoms with Crippen LogP contribution in [0.4, 0.5) is 0 Å². The standard InChI is InChI=1S/C18H20N4O2/c1-13-16-11-15(12-20-17(16)24-21-13)18(23)22(10-8-19)9-7-14-5-3-2-4-6-14/h2-6,11-12H,7-10,19H2,1H3. The molecule has 3 aromatic rings. The molecule has 0 saturated carbocycles. The van der Waals surface area contributed by atoms with E-state index in [0.717, 1.165) is 17.5 Å². The Balaban J connectivity index is 1.78. The van der Waals surface area contributed by atoms with Gasteiger partial charge < -0.3 is 15.2 Å². The predicted molar refractivity (Wildman–Crippen MR) is 91.6 cm³/mol. The Labute approximate surface area is 140 Å². The van der Waals surface area contributed by atoms with Gasteiger partial charge in [0, 0.05) is 25.8 Å². The fourth-order valence-corrected chi connectivity index (χ4v) is 2.62. The second-order valence-corrected chi connectivity index (χ2v) is 5.66. The molecular formula is C18H20N4O2. The Hall–Kier alpha value is -2.73. The highest BCUT2D eigenvalue weighted by molar-refractivity contribution is 5.97. The highest BCUT2D eigenvalue weighted by Gasteiger charge is 2.17. The fraction of sp³-hybridized carbons (Fsp3) is 0.278. The van der Waals surface area contributed by atoms with Gasteiger partial charge in [-0.2, -0.15) is 0 Å². The van der Waals surface area contributed by atoms with Crippen LogP contribution in [-0.4, -0.2) is 40.6 Å². The van der Waals surface area contributed by atoms with E-state index in [2.05, 4.69) is 22.3 Å². The monoisotopic (exact) mass is 324 g/mol. The molecule has 6 heteroatoms. The lowest BCUT2D eigenvalue weighted by Gasteiger charge is -2.22. The number of pyridine rings is 1. The molecule has 0 spiro atoms. The number of aryl methyl sites for hydroxylation is 1. The summed E-state index contributed by atoms with van der Waals surface area (Å²) in [5.41, 5.74) is 8.56. The van der Waals surface area contributed by atoms with Crippen LogP contribution in [0.1, 0.15) is 21.6 Å². The fourth-order valence-electron chi connectivity index (χ4n) is 2.62. The van der Waals surface area contributed by atoms with Crippen molar-refractivity contribution in [1.82, 2.24) is 15.0 Å². The SMILES string of the molecule is Cc1noc2ncc(C(=O)N(CCN)CCc3ccccc3)cc12. The Bertz CT molecular complexity index is 829. The highest BCUT2D eigenvalue weighted by atomic mass is 16.5. The van der Waals surface area contributed by atoms with E-state index >= 15 is 0 Å². The van der Waals surface area contributed by atoms with Gasteiger partial charge in [0.05, 0.1) is 16.6 Å². The van der Waals surface area contributed by atoms with Crippen molar-refractivity contribution in [2.45, 2.75) is 13.3 Å². The second-order valence-electron chi connectivity index (χ2n) is 5.66. The summed E-state index contributed by atoms with van der Waals surface area (Å²) in [4.78, 5) is 18.8. The molecule has 0 aliphatic rings. The molecule has 124 valence electrons. The number of hydrogen-bond acceptors (Lipinski definition) is 5. The minimum absolute atomic E-state index is 0.0774. The van der Waals surface area contributed by atoms with E-state index in [9.17, 15) is 4.79 Å². The van der Waals surface area contributed by atoms with Gasteiger partial charge in [0.2, 0.25) is 0 Å². The number of rotatable bonds is 6. The third kappa shape index (κ3) is 3.44. The van der Waals surface area contributed by atoms with Crippen molar-refractivity contribution < 1.29 is 9.32 Å². The van der Waals surface area contributed by atoms with E-state index in [1.165, 1.54) is 11.8 Å². The Morgan fingerprint density at radius 1 is 1.25 bits per heavy atom. The molecule has 2 heterocycles. The number of carbonyl (C=O) groups is 1. The lowest BCUT2D eigenvalue weighted by Crippen LogP contribution is -2.37. The van der Waals surface area contributed by atoms with Crippen molar-refractivity contribution >= 4 is 17.0 Å². The van der Waals surface area contributed by atoms with Gasteiger partial charge in [0.15, 0.2) is 0 Å². The zero-order valence-electron chi connectivity index (χ0n) is 13.6. The summed E-state index contributed by atoms with van der Waals surface area (Å²) in [6.45, 7) is 3.37. The molecule has 1 amide bonds. The maximum Gasteiger partial charge on any atom is 0.257 e. The van der Waals surface area contributed by atoms with E-state index in [-0.39, 0.29) is 5.91 Å². The van der Waals surface area contributed by atoms with Crippen LogP contribution in [0.15, 0.2) is 47.1 Å². The van der Waals surface area contributed by atoms with Crippen molar-refractivity contribution in [2.24, 2.45) is 5.73 Å². The summed E-state index contributed by atoms with van der Waals surface area (Å²) < 4.78 is 5.09. The summed E-state index contributed by atoms with van der Waals surface area (Å²) in [7, 11) is 0. The summed E-state index contributed by atoms with van der Waals surface area (Å²) >= 11 is 0. The van der Waals surface area contributed by atoms with E-state index in [4.69, 9.17) is 10.3 Å². The molecule has 0 aliphatic carbocycles. The number of carbonyl (C=O) groups excluding carboxylic acids is 1. The van der Waals surface area contributed by atoms with Crippen LogP contribution in [0.5, 0.6) is 0 Å². The number of amides is 1. The molecule has 2 N–H and O–H groups in total. The van der Waals surface area contributed by atoms with Crippen LogP contribution < -0.4 is 5.73 Å². The van der Waals surface area contributed by atoms with Crippen LogP contribution in [0.25, 0.3) is 11.1 Å². The first kappa shape index (κ1) is 16.1. The molecule has 3 rings (SSSR count). The summed E-state index contributed by atoms with van der Waals surface area (Å²) in [6.07, 6.45) is 2.32. The van der Waals surface area contributed by atoms with E-state index in [1.54, 1.807) is 11.0 Å². The molecule has 0 atom stereocenters. The largest absolute Gasteiger partial charge is 0.337 e. The molecule has 1 aromatic carbocycles. The van der Waals surface area contributed by atoms with Crippen LogP contribution in [0, 0.1) is 6.92 Å². The summed E-state index contributed by atoms with van der Waals surface area (Å²) in [5, 5.41) is 4.63. The molecule has 6 nitrogen and oxygen atoms in total. The normalized spacial score (nSPS) is 10.9. The Morgan fingerprint density at radius 2 is 2.04 bits per heavy atom. The first-order valence-corrected chi connectivity index (χ1v) is 7.94. The average Bonchev–Trinajstić information content (AvgIpc) is 2.99. The number of fused-ring (bicyclic) bond motifs is 1. The molecule has 0 radical (unpaired) electrons. The molecule has 0 bridgehead atoms. The van der Waals surface area contributed by atoms with Crippen LogP contribution in [-0.2, 0) is 6.42 Å². The van der Waals surface area contributed by atoms with Crippen molar-refractivity contribution in [2.75, 3.05) is 19.6 Å². The van der Waals surface area contributed by atoms with E-state index in [1.807, 2.05) is 25.1 Å². The third-order valence-electron chi connectivity index (χ3n) is 3.96. The molecule has 0 fully saturated rings. The molecule has 0 unspecified atom stereocenters. The topological polar surface area (TPSA) is 85.2 Å². The lowest BCUT2D eigenvalue weighted by molar-refractivity contribution is 0.0762. The van der Waals surface area contributed by atoms with Crippen LogP contribution in [0.3, 0.4) is 0 Å². The van der Waals surface area contributed by atoms with Crippen LogP contribution >= 0.6 is 0 Å². The quantitative estimate of drug-likeness (QED) is 0.751. The van der Waals surface area contributed by atoms with Gasteiger partial charge in [-0.25, -0.2) is 4.98 Å². The van der Waals surface area contributed by atoms with E-state index in [0.29, 0.717) is 30.9 Å². The predicted octanol–water partition coefficient (Wildman–Crippen LogP) is 2.17. The van der Waals surface area contributed by atoms with Crippen LogP contribution in [0.2, 0.25) is 0 Å². The molecule has 0 saturated heterocycles. The molecule has 24 heavy (non-hydrogen) atoms. The zero-order valence-corrected chi connectivity index (χ0v) is 13.6. The van der Waals surface area contributed by atoms with Crippen molar-refractivity contribution in [3.63, 3.8) is 0 Å². The minimum Gasteiger partial charge on any atom is -0.337 e. The highest BCUT2D eigenvalue weighted by Crippen LogP contribution is 2.18. The molecule has 0 aliphatic heterocycles. The number of nitrogens with zero attached hydrogens (tertiary/aromatic N) is 3. The average molecular weight is 324 g/mol. The lowest BCUT2D eigenvalue weighted by atomic mass is 10.1. The van der Waals surface area contributed by atoms with Gasteiger partial charge in [-0.05, 0) is 25.0 Å². The number of nitrogens with two attached hydrogens (primary N) is 1. The molecule has 2 aromatic heterocycles. The zero-order chi connectivity index (χ0) is 16.9. The van der Waals surface area contributed by atoms with Crippen molar-refractivity contribution in [1.29, 1.82) is 0 Å².